The Balaban J connectivity index is 1.41. The second-order valence-electron chi connectivity index (χ2n) is 12.6. The average Bonchev–Trinajstić information content (AvgIpc) is 3.51. The number of nitrogens with one attached hydrogen (secondary N) is 1. The Kier molecular flexibility index (Phi) is 6.80. The van der Waals surface area contributed by atoms with Crippen LogP contribution in [0, 0.1) is 26.7 Å². The van der Waals surface area contributed by atoms with Crippen LogP contribution in [0.4, 0.5) is 0 Å². The van der Waals surface area contributed by atoms with E-state index >= 15 is 0 Å². The zero-order valence-electron chi connectivity index (χ0n) is 25.4. The molecule has 2 aliphatic heterocycles. The van der Waals surface area contributed by atoms with Gasteiger partial charge in [0.25, 0.3) is 17.3 Å². The molecule has 0 bridgehead atoms. The van der Waals surface area contributed by atoms with Gasteiger partial charge in [0.2, 0.25) is 0 Å². The maximum Gasteiger partial charge on any atom is 0.254 e. The van der Waals surface area contributed by atoms with E-state index in [0.717, 1.165) is 65.1 Å². The van der Waals surface area contributed by atoms with Gasteiger partial charge in [0.15, 0.2) is 11.5 Å². The number of pyridine rings is 1. The molecule has 4 heterocycles. The number of benzene rings is 1. The molecule has 41 heavy (non-hydrogen) atoms. The van der Waals surface area contributed by atoms with Crippen molar-refractivity contribution in [3.8, 4) is 22.8 Å². The van der Waals surface area contributed by atoms with E-state index in [9.17, 15) is 9.59 Å². The molecule has 1 amide bonds. The van der Waals surface area contributed by atoms with Crippen molar-refractivity contribution >= 4 is 5.91 Å². The smallest absolute Gasteiger partial charge is 0.254 e. The van der Waals surface area contributed by atoms with Gasteiger partial charge in [0.1, 0.15) is 0 Å². The first-order valence-electron chi connectivity index (χ1n) is 14.8. The lowest BCUT2D eigenvalue weighted by Crippen LogP contribution is -2.46. The molecule has 0 radical (unpaired) electrons. The number of hydrogen-bond acceptors (Lipinski definition) is 5. The van der Waals surface area contributed by atoms with E-state index in [4.69, 9.17) is 9.47 Å². The number of fused-ring (bicyclic) bond motifs is 2. The summed E-state index contributed by atoms with van der Waals surface area (Å²) in [5.41, 5.74) is 6.69. The molecule has 218 valence electrons. The second kappa shape index (κ2) is 10.1. The van der Waals surface area contributed by atoms with Gasteiger partial charge in [-0.2, -0.15) is 0 Å². The number of ether oxygens (including phenoxy) is 2. The van der Waals surface area contributed by atoms with Gasteiger partial charge in [-0.05, 0) is 96.3 Å². The Morgan fingerprint density at radius 3 is 2.39 bits per heavy atom. The number of carbonyl (C=O) groups is 1. The third kappa shape index (κ3) is 4.56. The summed E-state index contributed by atoms with van der Waals surface area (Å²) in [6, 6.07) is 6.65. The Labute approximate surface area is 242 Å². The van der Waals surface area contributed by atoms with Crippen LogP contribution >= 0.6 is 0 Å². The topological polar surface area (TPSA) is 79.8 Å². The number of hydrogen-bond donors (Lipinski definition) is 1. The Morgan fingerprint density at radius 1 is 1.05 bits per heavy atom. The van der Waals surface area contributed by atoms with Gasteiger partial charge >= 0.3 is 0 Å². The molecule has 0 spiro atoms. The van der Waals surface area contributed by atoms with Crippen molar-refractivity contribution in [2.45, 2.75) is 78.2 Å². The summed E-state index contributed by atoms with van der Waals surface area (Å²) in [4.78, 5) is 34.0. The lowest BCUT2D eigenvalue weighted by Gasteiger charge is -2.39. The lowest BCUT2D eigenvalue weighted by atomic mass is 9.81. The quantitative estimate of drug-likeness (QED) is 0.471. The van der Waals surface area contributed by atoms with E-state index < -0.39 is 5.79 Å². The summed E-state index contributed by atoms with van der Waals surface area (Å²) in [6.07, 6.45) is 6.98. The standard InChI is InChI=1S/C33H42N4O4/c1-19-17-20(2)34-31(38)25(19)18-37-16-14-24-27(32(37)39)21(3)29-30(28(24)26-9-8-15-36(26)7)41-33(4,40-29)22-10-12-23(13-11-22)35(5)6/h8-9,15,17,22-23H,10-14,16,18H2,1-7H3,(H,34,38). The van der Waals surface area contributed by atoms with E-state index in [1.807, 2.05) is 46.1 Å². The predicted molar refractivity (Wildman–Crippen MR) is 160 cm³/mol. The second-order valence-corrected chi connectivity index (χ2v) is 12.6. The number of nitrogens with zero attached hydrogens (tertiary/aromatic N) is 3. The predicted octanol–water partition coefficient (Wildman–Crippen LogP) is 5.11. The number of aryl methyl sites for hydroxylation is 3. The minimum absolute atomic E-state index is 0.0647. The monoisotopic (exact) mass is 558 g/mol. The minimum Gasteiger partial charge on any atom is -0.448 e. The van der Waals surface area contributed by atoms with Crippen LogP contribution < -0.4 is 15.0 Å². The van der Waals surface area contributed by atoms with Crippen LogP contribution in [-0.2, 0) is 20.0 Å². The first-order chi connectivity index (χ1) is 19.5. The fourth-order valence-corrected chi connectivity index (χ4v) is 7.27. The van der Waals surface area contributed by atoms with E-state index in [1.165, 1.54) is 0 Å². The largest absolute Gasteiger partial charge is 0.448 e. The highest BCUT2D eigenvalue weighted by molar-refractivity contribution is 6.02. The van der Waals surface area contributed by atoms with Crippen LogP contribution in [0.2, 0.25) is 0 Å². The zero-order chi connectivity index (χ0) is 29.2. The van der Waals surface area contributed by atoms with Gasteiger partial charge in [-0.15, -0.1) is 0 Å². The van der Waals surface area contributed by atoms with Crippen molar-refractivity contribution in [2.75, 3.05) is 20.6 Å². The molecule has 1 N–H and O–H groups in total. The van der Waals surface area contributed by atoms with Crippen molar-refractivity contribution in [1.29, 1.82) is 0 Å². The molecule has 8 nitrogen and oxygen atoms in total. The Bertz CT molecular complexity index is 1580. The molecule has 3 aliphatic rings. The number of amides is 1. The third-order valence-electron chi connectivity index (χ3n) is 9.71. The lowest BCUT2D eigenvalue weighted by molar-refractivity contribution is -0.123. The van der Waals surface area contributed by atoms with E-state index in [-0.39, 0.29) is 23.9 Å². The summed E-state index contributed by atoms with van der Waals surface area (Å²) in [6.45, 7) is 8.67. The molecule has 1 saturated carbocycles. The van der Waals surface area contributed by atoms with Gasteiger partial charge in [0.05, 0.1) is 17.8 Å². The van der Waals surface area contributed by atoms with Crippen molar-refractivity contribution in [1.82, 2.24) is 19.4 Å². The van der Waals surface area contributed by atoms with E-state index in [1.54, 1.807) is 4.90 Å². The highest BCUT2D eigenvalue weighted by Crippen LogP contribution is 2.55. The Hall–Kier alpha value is -3.52. The summed E-state index contributed by atoms with van der Waals surface area (Å²) >= 11 is 0. The maximum absolute atomic E-state index is 14.2. The molecule has 1 aliphatic carbocycles. The molecule has 1 atom stereocenters. The summed E-state index contributed by atoms with van der Waals surface area (Å²) < 4.78 is 15.7. The van der Waals surface area contributed by atoms with Crippen LogP contribution in [0.3, 0.4) is 0 Å². The number of aromatic nitrogens is 2. The molecule has 6 rings (SSSR count). The van der Waals surface area contributed by atoms with Crippen molar-refractivity contribution in [3.05, 3.63) is 68.3 Å². The van der Waals surface area contributed by atoms with E-state index in [0.29, 0.717) is 35.9 Å². The van der Waals surface area contributed by atoms with Gasteiger partial charge in [-0.25, -0.2) is 0 Å². The molecule has 3 aromatic rings. The molecule has 1 fully saturated rings. The molecule has 1 unspecified atom stereocenters. The number of aromatic amines is 1. The average molecular weight is 559 g/mol. The number of carbonyl (C=O) groups excluding carboxylic acids is 1. The third-order valence-corrected chi connectivity index (χ3v) is 9.71. The molecule has 8 heteroatoms. The first-order valence-corrected chi connectivity index (χ1v) is 14.8. The van der Waals surface area contributed by atoms with Crippen LogP contribution in [0.15, 0.2) is 29.2 Å². The van der Waals surface area contributed by atoms with Crippen LogP contribution in [0.1, 0.15) is 70.9 Å². The molecule has 1 aromatic carbocycles. The minimum atomic E-state index is -0.788. The fraction of sp³-hybridized carbons (Fsp3) is 0.515. The normalized spacial score (nSPS) is 23.8. The zero-order valence-corrected chi connectivity index (χ0v) is 25.4. The van der Waals surface area contributed by atoms with Crippen LogP contribution in [0.25, 0.3) is 11.3 Å². The van der Waals surface area contributed by atoms with Crippen molar-refractivity contribution < 1.29 is 14.3 Å². The summed E-state index contributed by atoms with van der Waals surface area (Å²) in [5, 5.41) is 0. The summed E-state index contributed by atoms with van der Waals surface area (Å²) in [7, 11) is 6.33. The van der Waals surface area contributed by atoms with E-state index in [2.05, 4.69) is 41.5 Å². The molecular weight excluding hydrogens is 516 g/mol. The molecule has 2 aromatic heterocycles. The highest BCUT2D eigenvalue weighted by Gasteiger charge is 2.49. The van der Waals surface area contributed by atoms with Gasteiger partial charge in [0, 0.05) is 61.1 Å². The molecule has 0 saturated heterocycles. The number of rotatable bonds is 5. The van der Waals surface area contributed by atoms with Gasteiger partial charge in [-0.3, -0.25) is 9.59 Å². The number of H-pyrrole nitrogens is 1. The fourth-order valence-electron chi connectivity index (χ4n) is 7.27. The van der Waals surface area contributed by atoms with Gasteiger partial charge < -0.3 is 28.8 Å². The first kappa shape index (κ1) is 27.6. The van der Waals surface area contributed by atoms with Crippen molar-refractivity contribution in [2.24, 2.45) is 13.0 Å². The summed E-state index contributed by atoms with van der Waals surface area (Å²) in [5.74, 6) is 0.838. The van der Waals surface area contributed by atoms with Crippen LogP contribution in [-0.4, -0.2) is 57.7 Å². The molecular formula is C33H42N4O4. The SMILES string of the molecule is Cc1cc(C)c(CN2CCc3c(c(C)c4c(c3-c3cccn3C)OC(C)(C3CCC(N(C)C)CC3)O4)C2=O)c(=O)[nH]1. The maximum atomic E-state index is 14.2. The Morgan fingerprint density at radius 2 is 1.76 bits per heavy atom. The van der Waals surface area contributed by atoms with Crippen LogP contribution in [0.5, 0.6) is 11.5 Å². The van der Waals surface area contributed by atoms with Gasteiger partial charge in [-0.1, -0.05) is 0 Å². The highest BCUT2D eigenvalue weighted by atomic mass is 16.7. The van der Waals surface area contributed by atoms with Crippen molar-refractivity contribution in [3.63, 3.8) is 0 Å².